The molecule has 146 valence electrons. The number of nitrogens with zero attached hydrogens (tertiary/aromatic N) is 3. The molecule has 6 heteroatoms. The Morgan fingerprint density at radius 1 is 1.00 bits per heavy atom. The highest BCUT2D eigenvalue weighted by Gasteiger charge is 2.21. The van der Waals surface area contributed by atoms with Gasteiger partial charge in [0.1, 0.15) is 6.54 Å². The minimum atomic E-state index is -0.158. The quantitative estimate of drug-likeness (QED) is 0.740. The van der Waals surface area contributed by atoms with Crippen LogP contribution in [0.25, 0.3) is 11.0 Å². The molecule has 0 bridgehead atoms. The lowest BCUT2D eigenvalue weighted by Gasteiger charge is -2.32. The maximum atomic E-state index is 12.6. The maximum Gasteiger partial charge on any atom is 0.329 e. The SMILES string of the molecule is Cn1c(=O)n(CC(=O)NC2CCN(Cc3ccccc3)CC2)c2ccccc21. The smallest absolute Gasteiger partial charge is 0.329 e. The van der Waals surface area contributed by atoms with Gasteiger partial charge in [0.05, 0.1) is 11.0 Å². The standard InChI is InChI=1S/C22H26N4O2/c1-24-19-9-5-6-10-20(19)26(22(24)28)16-21(27)23-18-11-13-25(14-12-18)15-17-7-3-2-4-8-17/h2-10,18H,11-16H2,1H3,(H,23,27). The van der Waals surface area contributed by atoms with Gasteiger partial charge < -0.3 is 5.32 Å². The highest BCUT2D eigenvalue weighted by molar-refractivity contribution is 5.81. The summed E-state index contributed by atoms with van der Waals surface area (Å²) < 4.78 is 3.14. The van der Waals surface area contributed by atoms with Crippen molar-refractivity contribution in [3.63, 3.8) is 0 Å². The monoisotopic (exact) mass is 378 g/mol. The molecule has 0 unspecified atom stereocenters. The number of likely N-dealkylation sites (tertiary alicyclic amines) is 1. The molecule has 0 spiro atoms. The van der Waals surface area contributed by atoms with E-state index in [0.29, 0.717) is 0 Å². The number of imidazole rings is 1. The van der Waals surface area contributed by atoms with E-state index in [1.807, 2.05) is 30.3 Å². The summed E-state index contributed by atoms with van der Waals surface area (Å²) in [6.45, 7) is 2.94. The molecule has 1 amide bonds. The molecule has 1 fully saturated rings. The summed E-state index contributed by atoms with van der Waals surface area (Å²) in [4.78, 5) is 27.5. The van der Waals surface area contributed by atoms with E-state index in [0.717, 1.165) is 43.5 Å². The fourth-order valence-electron chi connectivity index (χ4n) is 4.01. The molecule has 0 atom stereocenters. The highest BCUT2D eigenvalue weighted by Crippen LogP contribution is 2.15. The number of amides is 1. The van der Waals surface area contributed by atoms with Gasteiger partial charge in [-0.2, -0.15) is 0 Å². The Bertz CT molecular complexity index is 1010. The van der Waals surface area contributed by atoms with Crippen molar-refractivity contribution in [2.24, 2.45) is 7.05 Å². The summed E-state index contributed by atoms with van der Waals surface area (Å²) in [6, 6.07) is 18.2. The minimum absolute atomic E-state index is 0.0599. The number of rotatable bonds is 5. The van der Waals surface area contributed by atoms with Crippen molar-refractivity contribution in [3.05, 3.63) is 70.6 Å². The third kappa shape index (κ3) is 3.87. The summed E-state index contributed by atoms with van der Waals surface area (Å²) in [5.41, 5.74) is 2.80. The first kappa shape index (κ1) is 18.5. The van der Waals surface area contributed by atoms with Crippen molar-refractivity contribution in [2.45, 2.75) is 32.0 Å². The van der Waals surface area contributed by atoms with Crippen LogP contribution in [0, 0.1) is 0 Å². The van der Waals surface area contributed by atoms with Crippen LogP contribution in [0.4, 0.5) is 0 Å². The van der Waals surface area contributed by atoms with Crippen LogP contribution in [-0.4, -0.2) is 39.1 Å². The molecule has 2 aromatic carbocycles. The number of para-hydroxylation sites is 2. The number of nitrogens with one attached hydrogen (secondary N) is 1. The summed E-state index contributed by atoms with van der Waals surface area (Å²) in [7, 11) is 1.74. The number of carbonyl (C=O) groups excluding carboxylic acids is 1. The van der Waals surface area contributed by atoms with Crippen LogP contribution in [0.2, 0.25) is 0 Å². The molecule has 1 N–H and O–H groups in total. The Kier molecular flexibility index (Phi) is 5.30. The number of aromatic nitrogens is 2. The molecule has 4 rings (SSSR count). The first-order valence-corrected chi connectivity index (χ1v) is 9.82. The molecule has 28 heavy (non-hydrogen) atoms. The summed E-state index contributed by atoms with van der Waals surface area (Å²) in [6.07, 6.45) is 1.87. The Balaban J connectivity index is 1.33. The van der Waals surface area contributed by atoms with E-state index in [2.05, 4.69) is 34.5 Å². The average Bonchev–Trinajstić information content (AvgIpc) is 2.95. The topological polar surface area (TPSA) is 59.3 Å². The zero-order valence-electron chi connectivity index (χ0n) is 16.2. The number of hydrogen-bond donors (Lipinski definition) is 1. The van der Waals surface area contributed by atoms with Crippen LogP contribution in [0.3, 0.4) is 0 Å². The first-order chi connectivity index (χ1) is 13.6. The Morgan fingerprint density at radius 2 is 1.64 bits per heavy atom. The number of hydrogen-bond acceptors (Lipinski definition) is 3. The van der Waals surface area contributed by atoms with Gasteiger partial charge in [-0.15, -0.1) is 0 Å². The lowest BCUT2D eigenvalue weighted by atomic mass is 10.0. The fraction of sp³-hybridized carbons (Fsp3) is 0.364. The van der Waals surface area contributed by atoms with Crippen molar-refractivity contribution in [1.82, 2.24) is 19.4 Å². The Morgan fingerprint density at radius 3 is 2.36 bits per heavy atom. The highest BCUT2D eigenvalue weighted by atomic mass is 16.2. The van der Waals surface area contributed by atoms with E-state index >= 15 is 0 Å². The predicted molar refractivity (Wildman–Crippen MR) is 110 cm³/mol. The molecule has 0 aliphatic carbocycles. The number of piperidine rings is 1. The van der Waals surface area contributed by atoms with Gasteiger partial charge in [-0.1, -0.05) is 42.5 Å². The predicted octanol–water partition coefficient (Wildman–Crippen LogP) is 2.12. The van der Waals surface area contributed by atoms with Crippen LogP contribution in [0.1, 0.15) is 18.4 Å². The van der Waals surface area contributed by atoms with Gasteiger partial charge in [-0.3, -0.25) is 18.8 Å². The van der Waals surface area contributed by atoms with Gasteiger partial charge in [0.15, 0.2) is 0 Å². The minimum Gasteiger partial charge on any atom is -0.352 e. The second kappa shape index (κ2) is 8.02. The molecule has 1 saturated heterocycles. The van der Waals surface area contributed by atoms with Gasteiger partial charge >= 0.3 is 5.69 Å². The van der Waals surface area contributed by atoms with Crippen molar-refractivity contribution >= 4 is 16.9 Å². The zero-order valence-corrected chi connectivity index (χ0v) is 16.2. The molecule has 1 aliphatic heterocycles. The summed E-state index contributed by atoms with van der Waals surface area (Å²) in [5, 5.41) is 3.12. The van der Waals surface area contributed by atoms with E-state index in [1.54, 1.807) is 16.2 Å². The van der Waals surface area contributed by atoms with Gasteiger partial charge in [0.25, 0.3) is 0 Å². The average molecular weight is 378 g/mol. The first-order valence-electron chi connectivity index (χ1n) is 9.82. The van der Waals surface area contributed by atoms with E-state index in [-0.39, 0.29) is 24.2 Å². The Labute approximate surface area is 164 Å². The maximum absolute atomic E-state index is 12.6. The summed E-state index contributed by atoms with van der Waals surface area (Å²) in [5.74, 6) is -0.0973. The van der Waals surface area contributed by atoms with Gasteiger partial charge in [0, 0.05) is 32.7 Å². The number of carbonyl (C=O) groups is 1. The van der Waals surface area contributed by atoms with Gasteiger partial charge in [-0.05, 0) is 30.5 Å². The molecule has 1 aromatic heterocycles. The number of fused-ring (bicyclic) bond motifs is 1. The largest absolute Gasteiger partial charge is 0.352 e. The van der Waals surface area contributed by atoms with Gasteiger partial charge in [-0.25, -0.2) is 4.79 Å². The van der Waals surface area contributed by atoms with E-state index in [1.165, 1.54) is 5.56 Å². The van der Waals surface area contributed by atoms with Crippen LogP contribution >= 0.6 is 0 Å². The molecule has 1 aliphatic rings. The van der Waals surface area contributed by atoms with E-state index in [9.17, 15) is 9.59 Å². The molecule has 0 saturated carbocycles. The van der Waals surface area contributed by atoms with Crippen LogP contribution < -0.4 is 11.0 Å². The number of benzene rings is 2. The molecule has 2 heterocycles. The van der Waals surface area contributed by atoms with E-state index in [4.69, 9.17) is 0 Å². The van der Waals surface area contributed by atoms with Gasteiger partial charge in [0.2, 0.25) is 5.91 Å². The Hall–Kier alpha value is -2.86. The van der Waals surface area contributed by atoms with E-state index < -0.39 is 0 Å². The number of aryl methyl sites for hydroxylation is 1. The normalized spacial score (nSPS) is 15.8. The third-order valence-corrected chi connectivity index (χ3v) is 5.56. The second-order valence-electron chi connectivity index (χ2n) is 7.52. The summed E-state index contributed by atoms with van der Waals surface area (Å²) >= 11 is 0. The van der Waals surface area contributed by atoms with Crippen molar-refractivity contribution in [1.29, 1.82) is 0 Å². The molecular weight excluding hydrogens is 352 g/mol. The molecule has 3 aromatic rings. The zero-order chi connectivity index (χ0) is 19.5. The van der Waals surface area contributed by atoms with Crippen molar-refractivity contribution < 1.29 is 4.79 Å². The lowest BCUT2D eigenvalue weighted by molar-refractivity contribution is -0.122. The molecular formula is C22H26N4O2. The third-order valence-electron chi connectivity index (χ3n) is 5.56. The van der Waals surface area contributed by atoms with Crippen LogP contribution in [0.15, 0.2) is 59.4 Å². The van der Waals surface area contributed by atoms with Crippen LogP contribution in [0.5, 0.6) is 0 Å². The fourth-order valence-corrected chi connectivity index (χ4v) is 4.01. The second-order valence-corrected chi connectivity index (χ2v) is 7.52. The van der Waals surface area contributed by atoms with Crippen LogP contribution in [-0.2, 0) is 24.9 Å². The molecule has 0 radical (unpaired) electrons. The van der Waals surface area contributed by atoms with Crippen molar-refractivity contribution in [3.8, 4) is 0 Å². The molecule has 6 nitrogen and oxygen atoms in total. The lowest BCUT2D eigenvalue weighted by Crippen LogP contribution is -2.45. The van der Waals surface area contributed by atoms with Crippen molar-refractivity contribution in [2.75, 3.05) is 13.1 Å².